The second kappa shape index (κ2) is 11.3. The minimum absolute atomic E-state index is 0. The first-order valence-electron chi connectivity index (χ1n) is 9.64. The van der Waals surface area contributed by atoms with Crippen molar-refractivity contribution in [2.75, 3.05) is 20.6 Å². The average molecular weight is 482 g/mol. The fraction of sp³-hybridized carbons (Fsp3) is 0.550. The number of hydrogen-bond donors (Lipinski definition) is 1. The van der Waals surface area contributed by atoms with Crippen LogP contribution in [0, 0.1) is 0 Å². The van der Waals surface area contributed by atoms with Crippen molar-refractivity contribution >= 4 is 29.9 Å². The zero-order valence-electron chi connectivity index (χ0n) is 16.4. The van der Waals surface area contributed by atoms with E-state index in [1.165, 1.54) is 30.7 Å². The Bertz CT molecular complexity index is 711. The Labute approximate surface area is 179 Å². The van der Waals surface area contributed by atoms with Crippen LogP contribution >= 0.6 is 24.0 Å². The number of benzene rings is 1. The predicted molar refractivity (Wildman–Crippen MR) is 121 cm³/mol. The summed E-state index contributed by atoms with van der Waals surface area (Å²) < 4.78 is 2.34. The van der Waals surface area contributed by atoms with Crippen molar-refractivity contribution in [1.29, 1.82) is 0 Å². The van der Waals surface area contributed by atoms with Gasteiger partial charge >= 0.3 is 0 Å². The van der Waals surface area contributed by atoms with Crippen molar-refractivity contribution in [3.8, 4) is 0 Å². The van der Waals surface area contributed by atoms with Crippen LogP contribution in [0.15, 0.2) is 35.3 Å². The van der Waals surface area contributed by atoms with E-state index in [2.05, 4.69) is 44.3 Å². The summed E-state index contributed by atoms with van der Waals surface area (Å²) >= 11 is 0. The lowest BCUT2D eigenvalue weighted by Crippen LogP contribution is -2.37. The third-order valence-corrected chi connectivity index (χ3v) is 4.72. The molecule has 3 rings (SSSR count). The zero-order valence-corrected chi connectivity index (χ0v) is 18.7. The second-order valence-corrected chi connectivity index (χ2v) is 7.04. The van der Waals surface area contributed by atoms with Gasteiger partial charge in [-0.1, -0.05) is 36.8 Å². The molecule has 0 spiro atoms. The lowest BCUT2D eigenvalue weighted by molar-refractivity contribution is 0.565. The van der Waals surface area contributed by atoms with Crippen LogP contribution in [0.25, 0.3) is 0 Å². The molecule has 0 fully saturated rings. The van der Waals surface area contributed by atoms with Crippen molar-refractivity contribution in [3.63, 3.8) is 0 Å². The number of halogens is 1. The minimum Gasteiger partial charge on any atom is -0.356 e. The fourth-order valence-electron chi connectivity index (χ4n) is 3.28. The lowest BCUT2D eigenvalue weighted by atomic mass is 10.2. The van der Waals surface area contributed by atoms with Gasteiger partial charge in [0.05, 0.1) is 6.54 Å². The maximum absolute atomic E-state index is 4.71. The Morgan fingerprint density at radius 3 is 2.74 bits per heavy atom. The molecule has 0 radical (unpaired) electrons. The van der Waals surface area contributed by atoms with E-state index in [1.54, 1.807) is 0 Å². The smallest absolute Gasteiger partial charge is 0.193 e. The van der Waals surface area contributed by atoms with E-state index >= 15 is 0 Å². The van der Waals surface area contributed by atoms with Crippen LogP contribution in [0.3, 0.4) is 0 Å². The second-order valence-electron chi connectivity index (χ2n) is 7.04. The number of guanidine groups is 1. The number of rotatable bonds is 6. The number of aromatic nitrogens is 3. The molecule has 0 saturated carbocycles. The summed E-state index contributed by atoms with van der Waals surface area (Å²) in [5.74, 6) is 3.23. The Hall–Kier alpha value is -1.64. The monoisotopic (exact) mass is 482 g/mol. The van der Waals surface area contributed by atoms with Gasteiger partial charge in [-0.25, -0.2) is 4.99 Å². The predicted octanol–water partition coefficient (Wildman–Crippen LogP) is 3.26. The molecule has 1 aliphatic rings. The van der Waals surface area contributed by atoms with Crippen LogP contribution in [0.1, 0.15) is 42.9 Å². The minimum atomic E-state index is 0. The Kier molecular flexibility index (Phi) is 9.03. The first kappa shape index (κ1) is 21.7. The van der Waals surface area contributed by atoms with E-state index < -0.39 is 0 Å². The number of aryl methyl sites for hydroxylation is 2. The van der Waals surface area contributed by atoms with Gasteiger partial charge < -0.3 is 14.8 Å². The molecule has 2 aromatic rings. The highest BCUT2D eigenvalue weighted by Gasteiger charge is 2.14. The molecule has 6 nitrogen and oxygen atoms in total. The van der Waals surface area contributed by atoms with E-state index in [1.807, 2.05) is 25.1 Å². The number of nitrogens with zero attached hydrogens (tertiary/aromatic N) is 5. The van der Waals surface area contributed by atoms with Crippen LogP contribution in [0.5, 0.6) is 0 Å². The molecule has 0 saturated heterocycles. The Morgan fingerprint density at radius 2 is 1.96 bits per heavy atom. The van der Waals surface area contributed by atoms with Crippen LogP contribution in [0.4, 0.5) is 0 Å². The van der Waals surface area contributed by atoms with E-state index in [0.29, 0.717) is 6.54 Å². The fourth-order valence-corrected chi connectivity index (χ4v) is 3.28. The van der Waals surface area contributed by atoms with Crippen molar-refractivity contribution in [3.05, 3.63) is 47.5 Å². The van der Waals surface area contributed by atoms with Gasteiger partial charge in [-0.05, 0) is 24.8 Å². The SMILES string of the molecule is CN(C)C(=NCc1ccccc1)NCCCc1nnc2n1CCCCC2.I. The molecule has 7 heteroatoms. The van der Waals surface area contributed by atoms with E-state index in [0.717, 1.165) is 44.1 Å². The maximum Gasteiger partial charge on any atom is 0.193 e. The van der Waals surface area contributed by atoms with Gasteiger partial charge in [-0.3, -0.25) is 0 Å². The third-order valence-electron chi connectivity index (χ3n) is 4.72. The highest BCUT2D eigenvalue weighted by molar-refractivity contribution is 14.0. The van der Waals surface area contributed by atoms with Gasteiger partial charge in [0.1, 0.15) is 11.6 Å². The summed E-state index contributed by atoms with van der Waals surface area (Å²) in [5.41, 5.74) is 1.22. The number of nitrogens with one attached hydrogen (secondary N) is 1. The van der Waals surface area contributed by atoms with Crippen LogP contribution in [-0.4, -0.2) is 46.3 Å². The van der Waals surface area contributed by atoms with E-state index in [4.69, 9.17) is 4.99 Å². The number of fused-ring (bicyclic) bond motifs is 1. The highest BCUT2D eigenvalue weighted by Crippen LogP contribution is 2.15. The van der Waals surface area contributed by atoms with Crippen LogP contribution in [-0.2, 0) is 25.9 Å². The summed E-state index contributed by atoms with van der Waals surface area (Å²) in [6, 6.07) is 10.3. The summed E-state index contributed by atoms with van der Waals surface area (Å²) in [5, 5.41) is 12.3. The Morgan fingerprint density at radius 1 is 1.15 bits per heavy atom. The van der Waals surface area contributed by atoms with E-state index in [-0.39, 0.29) is 24.0 Å². The van der Waals surface area contributed by atoms with Gasteiger partial charge in [0.2, 0.25) is 0 Å². The van der Waals surface area contributed by atoms with Gasteiger partial charge in [0.25, 0.3) is 0 Å². The summed E-state index contributed by atoms with van der Waals surface area (Å²) in [6.07, 6.45) is 6.84. The number of aliphatic imine (C=N–C) groups is 1. The van der Waals surface area contributed by atoms with Gasteiger partial charge in [-0.2, -0.15) is 0 Å². The summed E-state index contributed by atoms with van der Waals surface area (Å²) in [4.78, 5) is 6.74. The van der Waals surface area contributed by atoms with Crippen molar-refractivity contribution in [2.45, 2.75) is 51.6 Å². The average Bonchev–Trinajstić information content (AvgIpc) is 2.88. The highest BCUT2D eigenvalue weighted by atomic mass is 127. The molecular formula is C20H31IN6. The lowest BCUT2D eigenvalue weighted by Gasteiger charge is -2.17. The Balaban J connectivity index is 0.00000261. The molecule has 0 unspecified atom stereocenters. The van der Waals surface area contributed by atoms with Gasteiger partial charge in [0, 0.05) is 40.0 Å². The maximum atomic E-state index is 4.71. The molecule has 27 heavy (non-hydrogen) atoms. The molecule has 148 valence electrons. The van der Waals surface area contributed by atoms with Crippen LogP contribution in [0.2, 0.25) is 0 Å². The van der Waals surface area contributed by atoms with Gasteiger partial charge in [-0.15, -0.1) is 34.2 Å². The normalized spacial score (nSPS) is 14.1. The summed E-state index contributed by atoms with van der Waals surface area (Å²) in [6.45, 7) is 2.65. The standard InChI is InChI=1S/C20H30N6.HI/c1-25(2)20(22-16-17-10-5-3-6-11-17)21-14-9-13-19-24-23-18-12-7-4-8-15-26(18)19;/h3,5-6,10-11H,4,7-9,12-16H2,1-2H3,(H,21,22);1H. The number of hydrogen-bond acceptors (Lipinski definition) is 3. The third kappa shape index (κ3) is 6.48. The molecular weight excluding hydrogens is 451 g/mol. The molecule has 2 heterocycles. The van der Waals surface area contributed by atoms with E-state index in [9.17, 15) is 0 Å². The largest absolute Gasteiger partial charge is 0.356 e. The van der Waals surface area contributed by atoms with Gasteiger partial charge in [0.15, 0.2) is 5.96 Å². The molecule has 0 aliphatic carbocycles. The molecule has 1 N–H and O–H groups in total. The molecule has 1 aromatic carbocycles. The first-order chi connectivity index (χ1) is 12.7. The van der Waals surface area contributed by atoms with Crippen molar-refractivity contribution in [1.82, 2.24) is 25.0 Å². The zero-order chi connectivity index (χ0) is 18.2. The molecule has 0 bridgehead atoms. The first-order valence-corrected chi connectivity index (χ1v) is 9.64. The quantitative estimate of drug-likeness (QED) is 0.297. The molecule has 1 aliphatic heterocycles. The van der Waals surface area contributed by atoms with Crippen molar-refractivity contribution < 1.29 is 0 Å². The topological polar surface area (TPSA) is 58.3 Å². The van der Waals surface area contributed by atoms with Crippen molar-refractivity contribution in [2.24, 2.45) is 4.99 Å². The summed E-state index contributed by atoms with van der Waals surface area (Å²) in [7, 11) is 4.05. The molecule has 0 atom stereocenters. The molecule has 0 amide bonds. The van der Waals surface area contributed by atoms with Crippen LogP contribution < -0.4 is 5.32 Å². The molecule has 1 aromatic heterocycles.